The fourth-order valence-corrected chi connectivity index (χ4v) is 5.92. The van der Waals surface area contributed by atoms with Gasteiger partial charge in [0.05, 0.1) is 60.8 Å². The summed E-state index contributed by atoms with van der Waals surface area (Å²) in [6.45, 7) is 13.6. The predicted octanol–water partition coefficient (Wildman–Crippen LogP) is 6.27. The molecule has 0 saturated carbocycles. The normalized spacial score (nSPS) is 19.5. The highest BCUT2D eigenvalue weighted by atomic mass is 15.3. The van der Waals surface area contributed by atoms with E-state index in [4.69, 9.17) is 0 Å². The van der Waals surface area contributed by atoms with E-state index in [9.17, 15) is 0 Å². The van der Waals surface area contributed by atoms with E-state index in [1.807, 2.05) is 0 Å². The first-order valence-electron chi connectivity index (χ1n) is 14.4. The summed E-state index contributed by atoms with van der Waals surface area (Å²) in [5, 5.41) is 0. The topological polar surface area (TPSA) is 6.25 Å². The lowest BCUT2D eigenvalue weighted by molar-refractivity contribution is -0.876. The second kappa shape index (κ2) is 10.6. The Labute approximate surface area is 238 Å². The maximum absolute atomic E-state index is 2.53. The van der Waals surface area contributed by atoms with E-state index in [2.05, 4.69) is 158 Å². The van der Waals surface area contributed by atoms with E-state index in [-0.39, 0.29) is 10.8 Å². The van der Waals surface area contributed by atoms with Crippen LogP contribution in [0, 0.1) is 0 Å². The van der Waals surface area contributed by atoms with Crippen LogP contribution in [0.5, 0.6) is 0 Å². The van der Waals surface area contributed by atoms with E-state index in [0.717, 1.165) is 35.1 Å². The Morgan fingerprint density at radius 2 is 1.33 bits per heavy atom. The van der Waals surface area contributed by atoms with Crippen molar-refractivity contribution in [3.63, 3.8) is 0 Å². The van der Waals surface area contributed by atoms with Crippen molar-refractivity contribution in [2.75, 3.05) is 73.4 Å². The number of allylic oxidation sites excluding steroid dienone is 6. The SMILES string of the molecule is CC1(C)C(=CC=CC=CC2=[N+](CC[N+](C)(C)C)c3ccccc3C2(C)C)N(CC[N+](C)(C)C)c2ccccc21. The average Bonchev–Trinajstić information content (AvgIpc) is 3.19. The highest BCUT2D eigenvalue weighted by molar-refractivity contribution is 6.03. The van der Waals surface area contributed by atoms with Crippen LogP contribution in [-0.2, 0) is 10.8 Å². The molecule has 2 aliphatic rings. The van der Waals surface area contributed by atoms with Gasteiger partial charge in [0.15, 0.2) is 12.3 Å². The Balaban J connectivity index is 1.63. The van der Waals surface area contributed by atoms with Gasteiger partial charge in [0.1, 0.15) is 6.54 Å². The summed E-state index contributed by atoms with van der Waals surface area (Å²) in [7, 11) is 13.6. The largest absolute Gasteiger partial charge is 0.338 e. The van der Waals surface area contributed by atoms with Gasteiger partial charge in [-0.15, -0.1) is 0 Å². The monoisotopic (exact) mass is 527 g/mol. The number of quaternary nitrogens is 2. The van der Waals surface area contributed by atoms with Crippen molar-refractivity contribution in [1.29, 1.82) is 0 Å². The molecule has 0 radical (unpaired) electrons. The van der Waals surface area contributed by atoms with Crippen molar-refractivity contribution >= 4 is 17.1 Å². The summed E-state index contributed by atoms with van der Waals surface area (Å²) < 4.78 is 4.43. The summed E-state index contributed by atoms with van der Waals surface area (Å²) >= 11 is 0. The molecule has 0 unspecified atom stereocenters. The van der Waals surface area contributed by atoms with E-state index in [1.54, 1.807) is 0 Å². The molecule has 2 aromatic carbocycles. The molecule has 4 rings (SSSR count). The molecular weight excluding hydrogens is 476 g/mol. The van der Waals surface area contributed by atoms with Gasteiger partial charge < -0.3 is 13.9 Å². The van der Waals surface area contributed by atoms with Crippen LogP contribution in [0.3, 0.4) is 0 Å². The minimum atomic E-state index is -0.0264. The number of nitrogens with zero attached hydrogens (tertiary/aromatic N) is 4. The van der Waals surface area contributed by atoms with E-state index in [0.29, 0.717) is 0 Å². The molecule has 0 fully saturated rings. The number of anilines is 1. The van der Waals surface area contributed by atoms with E-state index < -0.39 is 0 Å². The molecule has 2 aliphatic heterocycles. The summed E-state index contributed by atoms with van der Waals surface area (Å²) in [6.07, 6.45) is 11.3. The minimum Gasteiger partial charge on any atom is -0.338 e. The van der Waals surface area contributed by atoms with Crippen LogP contribution in [0.15, 0.2) is 84.6 Å². The Hall–Kier alpha value is -2.95. The average molecular weight is 528 g/mol. The van der Waals surface area contributed by atoms with Gasteiger partial charge in [0, 0.05) is 34.5 Å². The second-order valence-electron chi connectivity index (χ2n) is 14.3. The molecule has 4 nitrogen and oxygen atoms in total. The third kappa shape index (κ3) is 6.13. The Morgan fingerprint density at radius 1 is 0.718 bits per heavy atom. The molecule has 2 aromatic rings. The molecule has 4 heteroatoms. The highest BCUT2D eigenvalue weighted by Crippen LogP contribution is 2.47. The van der Waals surface area contributed by atoms with E-state index in [1.165, 1.54) is 33.9 Å². The lowest BCUT2D eigenvalue weighted by atomic mass is 9.81. The van der Waals surface area contributed by atoms with Gasteiger partial charge in [-0.25, -0.2) is 0 Å². The van der Waals surface area contributed by atoms with Gasteiger partial charge in [0.2, 0.25) is 5.69 Å². The molecule has 0 N–H and O–H groups in total. The Morgan fingerprint density at radius 3 is 2.00 bits per heavy atom. The number of benzene rings is 2. The second-order valence-corrected chi connectivity index (χ2v) is 14.3. The van der Waals surface area contributed by atoms with Crippen LogP contribution in [0.1, 0.15) is 38.8 Å². The first-order valence-corrected chi connectivity index (χ1v) is 14.4. The molecule has 0 spiro atoms. The van der Waals surface area contributed by atoms with Gasteiger partial charge in [-0.05, 0) is 31.6 Å². The van der Waals surface area contributed by atoms with Crippen molar-refractivity contribution in [3.8, 4) is 0 Å². The predicted molar refractivity (Wildman–Crippen MR) is 168 cm³/mol. The van der Waals surface area contributed by atoms with Crippen LogP contribution in [-0.4, -0.2) is 87.7 Å². The fraction of sp³-hybridized carbons (Fsp3) is 0.457. The van der Waals surface area contributed by atoms with Crippen molar-refractivity contribution in [1.82, 2.24) is 0 Å². The molecule has 0 atom stereocenters. The number of hydrogen-bond donors (Lipinski definition) is 0. The van der Waals surface area contributed by atoms with Crippen molar-refractivity contribution < 1.29 is 13.5 Å². The summed E-state index contributed by atoms with van der Waals surface area (Å²) in [5.41, 5.74) is 8.20. The molecule has 39 heavy (non-hydrogen) atoms. The maximum Gasteiger partial charge on any atom is 0.209 e. The number of hydrogen-bond acceptors (Lipinski definition) is 1. The first-order chi connectivity index (χ1) is 18.1. The highest BCUT2D eigenvalue weighted by Gasteiger charge is 2.44. The number of likely N-dealkylation sites (N-methyl/N-ethyl adjacent to an activating group) is 2. The Kier molecular flexibility index (Phi) is 7.86. The van der Waals surface area contributed by atoms with Crippen LogP contribution in [0.4, 0.5) is 11.4 Å². The zero-order valence-corrected chi connectivity index (χ0v) is 26.1. The van der Waals surface area contributed by atoms with Crippen molar-refractivity contribution in [2.24, 2.45) is 0 Å². The van der Waals surface area contributed by atoms with Crippen LogP contribution >= 0.6 is 0 Å². The third-order valence-electron chi connectivity index (χ3n) is 8.32. The molecular formula is C35H51N4+3. The zero-order valence-electron chi connectivity index (χ0n) is 26.1. The third-order valence-corrected chi connectivity index (χ3v) is 8.32. The maximum atomic E-state index is 2.53. The van der Waals surface area contributed by atoms with Gasteiger partial charge in [0.25, 0.3) is 0 Å². The molecule has 0 saturated heterocycles. The number of para-hydroxylation sites is 2. The molecule has 208 valence electrons. The number of rotatable bonds is 9. The molecule has 0 aromatic heterocycles. The zero-order chi connectivity index (χ0) is 28.6. The van der Waals surface area contributed by atoms with Crippen molar-refractivity contribution in [3.05, 3.63) is 95.7 Å². The molecule has 0 aliphatic carbocycles. The summed E-state index contributed by atoms with van der Waals surface area (Å²) in [5.74, 6) is 0. The van der Waals surface area contributed by atoms with Gasteiger partial charge in [-0.3, -0.25) is 0 Å². The van der Waals surface area contributed by atoms with Gasteiger partial charge in [-0.1, -0.05) is 68.5 Å². The van der Waals surface area contributed by atoms with E-state index >= 15 is 0 Å². The van der Waals surface area contributed by atoms with Gasteiger partial charge >= 0.3 is 0 Å². The smallest absolute Gasteiger partial charge is 0.209 e. The molecule has 2 heterocycles. The fourth-order valence-electron chi connectivity index (χ4n) is 5.92. The van der Waals surface area contributed by atoms with Crippen LogP contribution < -0.4 is 4.90 Å². The quantitative estimate of drug-likeness (QED) is 0.212. The summed E-state index contributed by atoms with van der Waals surface area (Å²) in [4.78, 5) is 2.53. The number of fused-ring (bicyclic) bond motifs is 2. The standard InChI is InChI=1S/C35H51N4/c1-34(2)28-18-14-16-20-30(28)36(24-26-38(5,6)7)32(34)22-12-11-13-23-33-35(3,4)29-19-15-17-21-31(29)37(33)25-27-39(8,9)10/h11-23H,24-27H2,1-10H3/q+3. The first kappa shape index (κ1) is 29.0. The Bertz CT molecular complexity index is 1320. The summed E-state index contributed by atoms with van der Waals surface area (Å²) in [6, 6.07) is 17.8. The van der Waals surface area contributed by atoms with Crippen LogP contribution in [0.2, 0.25) is 0 Å². The molecule has 0 amide bonds. The molecule has 0 bridgehead atoms. The van der Waals surface area contributed by atoms with Gasteiger partial charge in [-0.2, -0.15) is 4.58 Å². The minimum absolute atomic E-state index is 0.0264. The lowest BCUT2D eigenvalue weighted by Gasteiger charge is -2.31. The lowest BCUT2D eigenvalue weighted by Crippen LogP contribution is -2.42. The van der Waals surface area contributed by atoms with Crippen molar-refractivity contribution in [2.45, 2.75) is 38.5 Å². The van der Waals surface area contributed by atoms with Crippen LogP contribution in [0.25, 0.3) is 0 Å².